The SMILES string of the molecule is Cc1ccnc(-c2ccc(C)c3c2oc2nc(C)ccc23)c1. The summed E-state index contributed by atoms with van der Waals surface area (Å²) in [7, 11) is 0. The Morgan fingerprint density at radius 3 is 2.64 bits per heavy atom. The van der Waals surface area contributed by atoms with Crippen molar-refractivity contribution in [2.45, 2.75) is 20.8 Å². The fourth-order valence-electron chi connectivity index (χ4n) is 2.90. The Labute approximate surface area is 128 Å². The lowest BCUT2D eigenvalue weighted by Crippen LogP contribution is -1.86. The summed E-state index contributed by atoms with van der Waals surface area (Å²) in [6, 6.07) is 12.4. The molecule has 0 fully saturated rings. The van der Waals surface area contributed by atoms with E-state index in [1.807, 2.05) is 25.3 Å². The molecule has 0 bridgehead atoms. The summed E-state index contributed by atoms with van der Waals surface area (Å²) in [5.41, 5.74) is 6.84. The van der Waals surface area contributed by atoms with Crippen molar-refractivity contribution in [1.29, 1.82) is 0 Å². The van der Waals surface area contributed by atoms with Crippen LogP contribution in [-0.4, -0.2) is 9.97 Å². The fourth-order valence-corrected chi connectivity index (χ4v) is 2.90. The average Bonchev–Trinajstić information content (AvgIpc) is 2.86. The summed E-state index contributed by atoms with van der Waals surface area (Å²) in [5.74, 6) is 0. The third-order valence-corrected chi connectivity index (χ3v) is 4.02. The number of nitrogens with zero attached hydrogens (tertiary/aromatic N) is 2. The number of fused-ring (bicyclic) bond motifs is 3. The van der Waals surface area contributed by atoms with Gasteiger partial charge in [-0.15, -0.1) is 0 Å². The number of hydrogen-bond donors (Lipinski definition) is 0. The van der Waals surface area contributed by atoms with Gasteiger partial charge in [0.1, 0.15) is 5.58 Å². The molecule has 0 radical (unpaired) electrons. The topological polar surface area (TPSA) is 38.9 Å². The average molecular weight is 288 g/mol. The number of aromatic nitrogens is 2. The third-order valence-electron chi connectivity index (χ3n) is 4.02. The quantitative estimate of drug-likeness (QED) is 0.496. The highest BCUT2D eigenvalue weighted by Gasteiger charge is 2.15. The second-order valence-electron chi connectivity index (χ2n) is 5.76. The van der Waals surface area contributed by atoms with Gasteiger partial charge < -0.3 is 4.42 Å². The molecule has 1 aromatic carbocycles. The van der Waals surface area contributed by atoms with E-state index < -0.39 is 0 Å². The smallest absolute Gasteiger partial charge is 0.227 e. The number of pyridine rings is 2. The maximum Gasteiger partial charge on any atom is 0.227 e. The van der Waals surface area contributed by atoms with Gasteiger partial charge in [0.05, 0.1) is 5.69 Å². The van der Waals surface area contributed by atoms with Crippen LogP contribution < -0.4 is 0 Å². The molecule has 0 N–H and O–H groups in total. The lowest BCUT2D eigenvalue weighted by molar-refractivity contribution is 0.653. The van der Waals surface area contributed by atoms with Gasteiger partial charge in [-0.2, -0.15) is 0 Å². The molecule has 0 saturated carbocycles. The minimum absolute atomic E-state index is 0.693. The lowest BCUT2D eigenvalue weighted by Gasteiger charge is -2.04. The van der Waals surface area contributed by atoms with Crippen LogP contribution in [0.3, 0.4) is 0 Å². The van der Waals surface area contributed by atoms with E-state index in [2.05, 4.69) is 48.1 Å². The van der Waals surface area contributed by atoms with Crippen LogP contribution in [0.5, 0.6) is 0 Å². The molecule has 0 aliphatic heterocycles. The van der Waals surface area contributed by atoms with E-state index >= 15 is 0 Å². The van der Waals surface area contributed by atoms with Gasteiger partial charge in [-0.1, -0.05) is 6.07 Å². The van der Waals surface area contributed by atoms with Crippen LogP contribution in [0.25, 0.3) is 33.3 Å². The Hall–Kier alpha value is -2.68. The first-order valence-corrected chi connectivity index (χ1v) is 7.36. The summed E-state index contributed by atoms with van der Waals surface area (Å²) in [4.78, 5) is 9.02. The summed E-state index contributed by atoms with van der Waals surface area (Å²) in [6.45, 7) is 6.15. The Morgan fingerprint density at radius 1 is 0.955 bits per heavy atom. The third kappa shape index (κ3) is 1.90. The van der Waals surface area contributed by atoms with Gasteiger partial charge in [0.15, 0.2) is 0 Å². The van der Waals surface area contributed by atoms with Crippen molar-refractivity contribution in [2.24, 2.45) is 0 Å². The highest BCUT2D eigenvalue weighted by atomic mass is 16.3. The molecule has 0 aliphatic rings. The first-order chi connectivity index (χ1) is 10.6. The molecule has 3 heterocycles. The molecular weight excluding hydrogens is 272 g/mol. The molecule has 0 amide bonds. The van der Waals surface area contributed by atoms with E-state index in [-0.39, 0.29) is 0 Å². The first kappa shape index (κ1) is 13.0. The van der Waals surface area contributed by atoms with Crippen molar-refractivity contribution in [3.8, 4) is 11.3 Å². The van der Waals surface area contributed by atoms with E-state index in [0.717, 1.165) is 33.3 Å². The van der Waals surface area contributed by atoms with Gasteiger partial charge in [-0.3, -0.25) is 4.98 Å². The fraction of sp³-hybridized carbons (Fsp3) is 0.158. The molecule has 4 rings (SSSR count). The molecule has 4 aromatic rings. The van der Waals surface area contributed by atoms with Crippen LogP contribution in [0.4, 0.5) is 0 Å². The van der Waals surface area contributed by atoms with Crippen LogP contribution >= 0.6 is 0 Å². The minimum atomic E-state index is 0.693. The zero-order chi connectivity index (χ0) is 15.3. The summed E-state index contributed by atoms with van der Waals surface area (Å²) in [5, 5.41) is 2.19. The molecule has 3 nitrogen and oxygen atoms in total. The molecular formula is C19H16N2O. The van der Waals surface area contributed by atoms with Crippen molar-refractivity contribution in [1.82, 2.24) is 9.97 Å². The Kier molecular flexibility index (Phi) is 2.76. The zero-order valence-electron chi connectivity index (χ0n) is 12.8. The van der Waals surface area contributed by atoms with Crippen LogP contribution in [0.1, 0.15) is 16.8 Å². The predicted molar refractivity (Wildman–Crippen MR) is 89.0 cm³/mol. The van der Waals surface area contributed by atoms with Gasteiger partial charge in [-0.25, -0.2) is 4.98 Å². The van der Waals surface area contributed by atoms with Gasteiger partial charge in [0.2, 0.25) is 5.71 Å². The van der Waals surface area contributed by atoms with Crippen LogP contribution in [0.2, 0.25) is 0 Å². The van der Waals surface area contributed by atoms with Crippen molar-refractivity contribution in [3.63, 3.8) is 0 Å². The van der Waals surface area contributed by atoms with E-state index in [9.17, 15) is 0 Å². The van der Waals surface area contributed by atoms with Crippen LogP contribution in [0, 0.1) is 20.8 Å². The maximum absolute atomic E-state index is 6.09. The van der Waals surface area contributed by atoms with Gasteiger partial charge in [0, 0.05) is 28.2 Å². The molecule has 0 unspecified atom stereocenters. The molecule has 108 valence electrons. The lowest BCUT2D eigenvalue weighted by atomic mass is 10.0. The van der Waals surface area contributed by atoms with Crippen molar-refractivity contribution < 1.29 is 4.42 Å². The number of furan rings is 1. The predicted octanol–water partition coefficient (Wildman–Crippen LogP) is 4.97. The molecule has 0 atom stereocenters. The standard InChI is InChI=1S/C19H16N2O/c1-11-8-9-20-16(10-11)14-6-4-12(2)17-15-7-5-13(3)21-19(15)22-18(14)17/h4-10H,1-3H3. The molecule has 3 aromatic heterocycles. The molecule has 0 saturated heterocycles. The van der Waals surface area contributed by atoms with E-state index in [0.29, 0.717) is 5.71 Å². The van der Waals surface area contributed by atoms with Gasteiger partial charge >= 0.3 is 0 Å². The monoisotopic (exact) mass is 288 g/mol. The van der Waals surface area contributed by atoms with Crippen LogP contribution in [-0.2, 0) is 0 Å². The summed E-state index contributed by atoms with van der Waals surface area (Å²) >= 11 is 0. The minimum Gasteiger partial charge on any atom is -0.437 e. The van der Waals surface area contributed by atoms with E-state index in [4.69, 9.17) is 4.42 Å². The molecule has 0 spiro atoms. The maximum atomic E-state index is 6.09. The van der Waals surface area contributed by atoms with Crippen molar-refractivity contribution >= 4 is 22.1 Å². The molecule has 22 heavy (non-hydrogen) atoms. The number of aryl methyl sites for hydroxylation is 3. The van der Waals surface area contributed by atoms with Crippen molar-refractivity contribution in [3.05, 3.63) is 59.4 Å². The zero-order valence-corrected chi connectivity index (χ0v) is 12.8. The van der Waals surface area contributed by atoms with E-state index in [1.54, 1.807) is 0 Å². The normalized spacial score (nSPS) is 11.4. The second kappa shape index (κ2) is 4.67. The molecule has 0 aliphatic carbocycles. The summed E-state index contributed by atoms with van der Waals surface area (Å²) in [6.07, 6.45) is 1.83. The van der Waals surface area contributed by atoms with E-state index in [1.165, 1.54) is 11.1 Å². The Balaban J connectivity index is 2.13. The van der Waals surface area contributed by atoms with Gasteiger partial charge in [0.25, 0.3) is 0 Å². The number of benzene rings is 1. The first-order valence-electron chi connectivity index (χ1n) is 7.36. The highest BCUT2D eigenvalue weighted by Crippen LogP contribution is 2.36. The molecule has 3 heteroatoms. The van der Waals surface area contributed by atoms with Crippen molar-refractivity contribution in [2.75, 3.05) is 0 Å². The summed E-state index contributed by atoms with van der Waals surface area (Å²) < 4.78 is 6.09. The largest absolute Gasteiger partial charge is 0.437 e. The Bertz CT molecular complexity index is 1010. The number of rotatable bonds is 1. The van der Waals surface area contributed by atoms with Gasteiger partial charge in [-0.05, 0) is 62.2 Å². The highest BCUT2D eigenvalue weighted by molar-refractivity contribution is 6.10. The second-order valence-corrected chi connectivity index (χ2v) is 5.76. The Morgan fingerprint density at radius 2 is 1.82 bits per heavy atom. The number of hydrogen-bond acceptors (Lipinski definition) is 3. The van der Waals surface area contributed by atoms with Crippen LogP contribution in [0.15, 0.2) is 47.0 Å².